The molecule has 0 saturated heterocycles. The van der Waals surface area contributed by atoms with Gasteiger partial charge in [0.1, 0.15) is 5.49 Å². The molecular formula is C20H20F2N6. The van der Waals surface area contributed by atoms with E-state index in [1.807, 2.05) is 0 Å². The first-order chi connectivity index (χ1) is 13.4. The molecular weight excluding hydrogens is 362 g/mol. The van der Waals surface area contributed by atoms with Gasteiger partial charge in [-0.3, -0.25) is 10.4 Å². The zero-order valence-electron chi connectivity index (χ0n) is 15.3. The van der Waals surface area contributed by atoms with Gasteiger partial charge in [0, 0.05) is 55.1 Å². The largest absolute Gasteiger partial charge is 0.393 e. The standard InChI is InChI=1S/C20H20F2N6/c1-25-13-15(12-23)18-6-7-19(24)28(27-18)10-8-20(21,22)16-4-5-17-14(11-16)3-2-9-26-17/h2-7,9,11-13,23-25H,8,10H2,1H3/b15-13+,23-12?,24-19?. The van der Waals surface area contributed by atoms with Crippen molar-refractivity contribution in [1.82, 2.24) is 20.1 Å². The van der Waals surface area contributed by atoms with Crippen molar-refractivity contribution in [3.63, 3.8) is 0 Å². The molecule has 0 aliphatic heterocycles. The number of aryl methyl sites for hydroxylation is 1. The number of benzene rings is 1. The number of halogens is 2. The zero-order chi connectivity index (χ0) is 20.1. The SMILES string of the molecule is CN/C=C(\C=N)c1ccc(=N)n(CCC(F)(F)c2ccc3ncccc3c2)n1. The van der Waals surface area contributed by atoms with Crippen LogP contribution in [-0.2, 0) is 12.5 Å². The van der Waals surface area contributed by atoms with Gasteiger partial charge in [-0.2, -0.15) is 5.10 Å². The van der Waals surface area contributed by atoms with Crippen LogP contribution >= 0.6 is 0 Å². The van der Waals surface area contributed by atoms with E-state index in [9.17, 15) is 8.78 Å². The number of rotatable bonds is 7. The molecule has 0 atom stereocenters. The van der Waals surface area contributed by atoms with Gasteiger partial charge in [-0.1, -0.05) is 12.1 Å². The topological polar surface area (TPSA) is 90.4 Å². The molecule has 0 aliphatic rings. The summed E-state index contributed by atoms with van der Waals surface area (Å²) in [4.78, 5) is 4.15. The number of allylic oxidation sites excluding steroid dienone is 1. The van der Waals surface area contributed by atoms with Crippen molar-refractivity contribution in [2.75, 3.05) is 7.05 Å². The second kappa shape index (κ2) is 8.08. The predicted molar refractivity (Wildman–Crippen MR) is 104 cm³/mol. The maximum atomic E-state index is 14.8. The average Bonchev–Trinajstić information content (AvgIpc) is 2.71. The number of nitrogens with one attached hydrogen (secondary N) is 3. The summed E-state index contributed by atoms with van der Waals surface area (Å²) in [5.41, 5.74) is 1.52. The van der Waals surface area contributed by atoms with Crippen LogP contribution < -0.4 is 10.8 Å². The number of hydrogen-bond acceptors (Lipinski definition) is 5. The van der Waals surface area contributed by atoms with E-state index in [1.165, 1.54) is 22.9 Å². The smallest absolute Gasteiger partial charge is 0.275 e. The molecule has 0 unspecified atom stereocenters. The molecule has 0 bridgehead atoms. The van der Waals surface area contributed by atoms with Crippen molar-refractivity contribution in [3.05, 3.63) is 71.6 Å². The van der Waals surface area contributed by atoms with E-state index in [0.717, 1.165) is 6.21 Å². The van der Waals surface area contributed by atoms with Crippen LogP contribution in [0, 0.1) is 10.8 Å². The third-order valence-corrected chi connectivity index (χ3v) is 4.32. The summed E-state index contributed by atoms with van der Waals surface area (Å²) < 4.78 is 30.8. The van der Waals surface area contributed by atoms with Crippen LogP contribution in [0.4, 0.5) is 8.78 Å². The van der Waals surface area contributed by atoms with Gasteiger partial charge >= 0.3 is 0 Å². The van der Waals surface area contributed by atoms with Crippen molar-refractivity contribution >= 4 is 22.7 Å². The summed E-state index contributed by atoms with van der Waals surface area (Å²) >= 11 is 0. The summed E-state index contributed by atoms with van der Waals surface area (Å²) in [5, 5.41) is 23.1. The Bertz CT molecular complexity index is 1090. The molecule has 0 radical (unpaired) electrons. The number of alkyl halides is 2. The van der Waals surface area contributed by atoms with E-state index in [4.69, 9.17) is 10.8 Å². The second-order valence-corrected chi connectivity index (χ2v) is 6.22. The maximum absolute atomic E-state index is 14.8. The van der Waals surface area contributed by atoms with Crippen molar-refractivity contribution in [2.45, 2.75) is 18.9 Å². The number of pyridine rings is 1. The second-order valence-electron chi connectivity index (χ2n) is 6.22. The van der Waals surface area contributed by atoms with Crippen LogP contribution in [0.1, 0.15) is 17.7 Å². The molecule has 3 aromatic rings. The molecule has 3 rings (SSSR count). The molecule has 2 heterocycles. The monoisotopic (exact) mass is 382 g/mol. The van der Waals surface area contributed by atoms with Crippen LogP contribution in [0.2, 0.25) is 0 Å². The van der Waals surface area contributed by atoms with Crippen LogP contribution in [-0.4, -0.2) is 28.0 Å². The summed E-state index contributed by atoms with van der Waals surface area (Å²) in [7, 11) is 1.69. The summed E-state index contributed by atoms with van der Waals surface area (Å²) in [5.74, 6) is -3.08. The Morgan fingerprint density at radius 3 is 2.82 bits per heavy atom. The predicted octanol–water partition coefficient (Wildman–Crippen LogP) is 3.30. The summed E-state index contributed by atoms with van der Waals surface area (Å²) in [6.07, 6.45) is 3.82. The lowest BCUT2D eigenvalue weighted by molar-refractivity contribution is -0.0185. The minimum absolute atomic E-state index is 0.0241. The fourth-order valence-electron chi connectivity index (χ4n) is 2.82. The van der Waals surface area contributed by atoms with Gasteiger partial charge < -0.3 is 10.7 Å². The Balaban J connectivity index is 1.84. The van der Waals surface area contributed by atoms with Crippen molar-refractivity contribution < 1.29 is 8.78 Å². The number of hydrogen-bond donors (Lipinski definition) is 3. The quantitative estimate of drug-likeness (QED) is 0.548. The van der Waals surface area contributed by atoms with Crippen LogP contribution in [0.5, 0.6) is 0 Å². The minimum atomic E-state index is -3.08. The lowest BCUT2D eigenvalue weighted by Crippen LogP contribution is -2.27. The third-order valence-electron chi connectivity index (χ3n) is 4.32. The molecule has 144 valence electrons. The average molecular weight is 382 g/mol. The molecule has 2 aromatic heterocycles. The Hall–Kier alpha value is -3.42. The Morgan fingerprint density at radius 1 is 1.25 bits per heavy atom. The highest BCUT2D eigenvalue weighted by Crippen LogP contribution is 2.33. The van der Waals surface area contributed by atoms with E-state index in [1.54, 1.807) is 43.7 Å². The fourth-order valence-corrected chi connectivity index (χ4v) is 2.82. The molecule has 0 spiro atoms. The van der Waals surface area contributed by atoms with Gasteiger partial charge in [-0.25, -0.2) is 13.5 Å². The molecule has 0 saturated carbocycles. The van der Waals surface area contributed by atoms with E-state index >= 15 is 0 Å². The summed E-state index contributed by atoms with van der Waals surface area (Å²) in [6.45, 7) is -0.129. The Labute approximate surface area is 160 Å². The van der Waals surface area contributed by atoms with Crippen LogP contribution in [0.3, 0.4) is 0 Å². The van der Waals surface area contributed by atoms with E-state index in [-0.39, 0.29) is 17.6 Å². The van der Waals surface area contributed by atoms with Gasteiger partial charge in [-0.05, 0) is 30.3 Å². The molecule has 0 fully saturated rings. The lowest BCUT2D eigenvalue weighted by atomic mass is 10.0. The van der Waals surface area contributed by atoms with E-state index < -0.39 is 12.3 Å². The molecule has 1 aromatic carbocycles. The van der Waals surface area contributed by atoms with Gasteiger partial charge in [0.25, 0.3) is 5.92 Å². The highest BCUT2D eigenvalue weighted by molar-refractivity contribution is 6.07. The lowest BCUT2D eigenvalue weighted by Gasteiger charge is -2.18. The molecule has 3 N–H and O–H groups in total. The van der Waals surface area contributed by atoms with E-state index in [0.29, 0.717) is 22.2 Å². The van der Waals surface area contributed by atoms with Gasteiger partial charge in [-0.15, -0.1) is 0 Å². The van der Waals surface area contributed by atoms with Gasteiger partial charge in [0.15, 0.2) is 0 Å². The van der Waals surface area contributed by atoms with Crippen molar-refractivity contribution in [2.24, 2.45) is 0 Å². The third kappa shape index (κ3) is 4.11. The fraction of sp³-hybridized carbons (Fsp3) is 0.200. The Morgan fingerprint density at radius 2 is 2.07 bits per heavy atom. The van der Waals surface area contributed by atoms with Gasteiger partial charge in [0.2, 0.25) is 0 Å². The normalized spacial score (nSPS) is 12.2. The Kier molecular flexibility index (Phi) is 5.58. The van der Waals surface area contributed by atoms with Crippen molar-refractivity contribution in [1.29, 1.82) is 10.8 Å². The summed E-state index contributed by atoms with van der Waals surface area (Å²) in [6, 6.07) is 10.9. The molecule has 6 nitrogen and oxygen atoms in total. The first-order valence-corrected chi connectivity index (χ1v) is 8.69. The first-order valence-electron chi connectivity index (χ1n) is 8.69. The highest BCUT2D eigenvalue weighted by Gasteiger charge is 2.31. The highest BCUT2D eigenvalue weighted by atomic mass is 19.3. The van der Waals surface area contributed by atoms with Crippen molar-refractivity contribution in [3.8, 4) is 0 Å². The number of nitrogens with zero attached hydrogens (tertiary/aromatic N) is 3. The zero-order valence-corrected chi connectivity index (χ0v) is 15.3. The number of fused-ring (bicyclic) bond motifs is 1. The van der Waals surface area contributed by atoms with Crippen LogP contribution in [0.25, 0.3) is 16.5 Å². The van der Waals surface area contributed by atoms with Gasteiger partial charge in [0.05, 0.1) is 11.2 Å². The molecule has 28 heavy (non-hydrogen) atoms. The number of aromatic nitrogens is 3. The van der Waals surface area contributed by atoms with Crippen LogP contribution in [0.15, 0.2) is 54.9 Å². The molecule has 0 amide bonds. The maximum Gasteiger partial charge on any atom is 0.275 e. The minimum Gasteiger partial charge on any atom is -0.393 e. The first kappa shape index (κ1) is 19.3. The molecule has 0 aliphatic carbocycles. The molecule has 8 heteroatoms. The van der Waals surface area contributed by atoms with E-state index in [2.05, 4.69) is 15.4 Å².